The molecule has 2 aromatic rings. The molecule has 1 heterocycles. The molecule has 2 aromatic carbocycles. The maximum atomic E-state index is 12.6. The standard InChI is InChI=1S/C24H32N2O3/c1-24(2,19-27)17-23(28)26-15-13-25(14-16-26)22(20-9-5-3-6-10-20)18-29-21-11-7-4-8-12-21/h3-12,22,27H,13-19H2,1-2H3. The summed E-state index contributed by atoms with van der Waals surface area (Å²) in [5.41, 5.74) is 0.856. The van der Waals surface area contributed by atoms with E-state index in [4.69, 9.17) is 4.74 Å². The minimum absolute atomic E-state index is 0.0195. The van der Waals surface area contributed by atoms with Gasteiger partial charge in [-0.1, -0.05) is 62.4 Å². The van der Waals surface area contributed by atoms with E-state index in [0.717, 1.165) is 18.8 Å². The van der Waals surface area contributed by atoms with Gasteiger partial charge in [0.15, 0.2) is 0 Å². The molecule has 5 heteroatoms. The molecule has 29 heavy (non-hydrogen) atoms. The summed E-state index contributed by atoms with van der Waals surface area (Å²) in [5, 5.41) is 9.44. The second kappa shape index (κ2) is 9.90. The molecular formula is C24H32N2O3. The maximum Gasteiger partial charge on any atom is 0.223 e. The predicted octanol–water partition coefficient (Wildman–Crippen LogP) is 3.36. The highest BCUT2D eigenvalue weighted by atomic mass is 16.5. The van der Waals surface area contributed by atoms with Gasteiger partial charge in [0.25, 0.3) is 0 Å². The Hall–Kier alpha value is -2.37. The Morgan fingerprint density at radius 1 is 1.00 bits per heavy atom. The van der Waals surface area contributed by atoms with Crippen molar-refractivity contribution in [3.8, 4) is 5.75 Å². The van der Waals surface area contributed by atoms with Gasteiger partial charge in [-0.15, -0.1) is 0 Å². The molecule has 1 aliphatic rings. The van der Waals surface area contributed by atoms with Gasteiger partial charge in [-0.3, -0.25) is 9.69 Å². The summed E-state index contributed by atoms with van der Waals surface area (Å²) in [7, 11) is 0. The zero-order valence-corrected chi connectivity index (χ0v) is 17.5. The third kappa shape index (κ3) is 6.05. The van der Waals surface area contributed by atoms with Gasteiger partial charge in [0.05, 0.1) is 6.04 Å². The lowest BCUT2D eigenvalue weighted by atomic mass is 9.90. The highest BCUT2D eigenvalue weighted by Crippen LogP contribution is 2.25. The molecular weight excluding hydrogens is 364 g/mol. The number of rotatable bonds is 8. The molecule has 1 amide bonds. The molecule has 0 saturated carbocycles. The molecule has 0 aliphatic carbocycles. The van der Waals surface area contributed by atoms with Crippen LogP contribution in [-0.4, -0.2) is 60.2 Å². The molecule has 156 valence electrons. The number of benzene rings is 2. The molecule has 1 saturated heterocycles. The Kier molecular flexibility index (Phi) is 7.29. The molecule has 1 N–H and O–H groups in total. The molecule has 1 aliphatic heterocycles. The number of nitrogens with zero attached hydrogens (tertiary/aromatic N) is 2. The second-order valence-electron chi connectivity index (χ2n) is 8.47. The third-order valence-electron chi connectivity index (χ3n) is 5.50. The van der Waals surface area contributed by atoms with Gasteiger partial charge in [-0.05, 0) is 23.1 Å². The van der Waals surface area contributed by atoms with Crippen LogP contribution >= 0.6 is 0 Å². The van der Waals surface area contributed by atoms with E-state index in [1.807, 2.05) is 55.1 Å². The number of ether oxygens (including phenoxy) is 1. The minimum atomic E-state index is -0.371. The number of piperazine rings is 1. The molecule has 1 unspecified atom stereocenters. The van der Waals surface area contributed by atoms with Gasteiger partial charge < -0.3 is 14.7 Å². The third-order valence-corrected chi connectivity index (χ3v) is 5.50. The number of amides is 1. The van der Waals surface area contributed by atoms with E-state index in [-0.39, 0.29) is 24.0 Å². The zero-order valence-electron chi connectivity index (χ0n) is 17.5. The first-order valence-corrected chi connectivity index (χ1v) is 10.3. The Bertz CT molecular complexity index is 756. The van der Waals surface area contributed by atoms with Crippen LogP contribution in [-0.2, 0) is 4.79 Å². The number of carbonyl (C=O) groups is 1. The fraction of sp³-hybridized carbons (Fsp3) is 0.458. The van der Waals surface area contributed by atoms with Crippen molar-refractivity contribution >= 4 is 5.91 Å². The monoisotopic (exact) mass is 396 g/mol. The second-order valence-corrected chi connectivity index (χ2v) is 8.47. The lowest BCUT2D eigenvalue weighted by Crippen LogP contribution is -2.51. The lowest BCUT2D eigenvalue weighted by Gasteiger charge is -2.40. The molecule has 1 atom stereocenters. The van der Waals surface area contributed by atoms with Crippen molar-refractivity contribution in [2.75, 3.05) is 39.4 Å². The number of aliphatic hydroxyl groups excluding tert-OH is 1. The Labute approximate surface area is 173 Å². The normalized spacial score (nSPS) is 16.4. The van der Waals surface area contributed by atoms with Crippen LogP contribution in [0.1, 0.15) is 31.9 Å². The van der Waals surface area contributed by atoms with Crippen molar-refractivity contribution < 1.29 is 14.6 Å². The maximum absolute atomic E-state index is 12.6. The fourth-order valence-corrected chi connectivity index (χ4v) is 3.64. The van der Waals surface area contributed by atoms with Crippen LogP contribution in [0.5, 0.6) is 5.75 Å². The average Bonchev–Trinajstić information content (AvgIpc) is 2.75. The molecule has 0 aromatic heterocycles. The van der Waals surface area contributed by atoms with Crippen molar-refractivity contribution in [1.82, 2.24) is 9.80 Å². The van der Waals surface area contributed by atoms with E-state index in [2.05, 4.69) is 29.2 Å². The van der Waals surface area contributed by atoms with Crippen molar-refractivity contribution in [3.05, 3.63) is 66.2 Å². The van der Waals surface area contributed by atoms with Crippen LogP contribution < -0.4 is 4.74 Å². The summed E-state index contributed by atoms with van der Waals surface area (Å²) in [6.45, 7) is 7.46. The van der Waals surface area contributed by atoms with E-state index in [1.54, 1.807) is 0 Å². The van der Waals surface area contributed by atoms with Gasteiger partial charge in [0.1, 0.15) is 12.4 Å². The topological polar surface area (TPSA) is 53.0 Å². The summed E-state index contributed by atoms with van der Waals surface area (Å²) < 4.78 is 6.08. The Morgan fingerprint density at radius 3 is 2.17 bits per heavy atom. The molecule has 5 nitrogen and oxygen atoms in total. The summed E-state index contributed by atoms with van der Waals surface area (Å²) in [4.78, 5) is 16.9. The van der Waals surface area contributed by atoms with E-state index in [1.165, 1.54) is 5.56 Å². The number of carbonyl (C=O) groups excluding carboxylic acids is 1. The van der Waals surface area contributed by atoms with Crippen molar-refractivity contribution in [3.63, 3.8) is 0 Å². The number of aliphatic hydroxyl groups is 1. The van der Waals surface area contributed by atoms with Crippen LogP contribution in [0.3, 0.4) is 0 Å². The van der Waals surface area contributed by atoms with Crippen LogP contribution in [0.2, 0.25) is 0 Å². The van der Waals surface area contributed by atoms with E-state index in [0.29, 0.717) is 26.1 Å². The van der Waals surface area contributed by atoms with Gasteiger partial charge in [-0.2, -0.15) is 0 Å². The number of para-hydroxylation sites is 1. The van der Waals surface area contributed by atoms with Gasteiger partial charge in [0, 0.05) is 39.2 Å². The van der Waals surface area contributed by atoms with Crippen molar-refractivity contribution in [2.45, 2.75) is 26.3 Å². The smallest absolute Gasteiger partial charge is 0.223 e. The van der Waals surface area contributed by atoms with Crippen molar-refractivity contribution in [1.29, 1.82) is 0 Å². The van der Waals surface area contributed by atoms with Crippen LogP contribution in [0.25, 0.3) is 0 Å². The predicted molar refractivity (Wildman–Crippen MR) is 115 cm³/mol. The quantitative estimate of drug-likeness (QED) is 0.743. The largest absolute Gasteiger partial charge is 0.492 e. The average molecular weight is 397 g/mol. The highest BCUT2D eigenvalue weighted by molar-refractivity contribution is 5.77. The van der Waals surface area contributed by atoms with E-state index < -0.39 is 0 Å². The first-order chi connectivity index (χ1) is 14.0. The number of hydrogen-bond acceptors (Lipinski definition) is 4. The Balaban J connectivity index is 1.63. The van der Waals surface area contributed by atoms with Crippen LogP contribution in [0.4, 0.5) is 0 Å². The van der Waals surface area contributed by atoms with Gasteiger partial charge in [0.2, 0.25) is 5.91 Å². The summed E-state index contributed by atoms with van der Waals surface area (Å²) in [5.74, 6) is 0.994. The first kappa shape index (κ1) is 21.3. The van der Waals surface area contributed by atoms with Crippen LogP contribution in [0.15, 0.2) is 60.7 Å². The Morgan fingerprint density at radius 2 is 1.59 bits per heavy atom. The SMILES string of the molecule is CC(C)(CO)CC(=O)N1CCN(C(COc2ccccc2)c2ccccc2)CC1. The molecule has 3 rings (SSSR count). The summed E-state index contributed by atoms with van der Waals surface area (Å²) in [6, 6.07) is 20.4. The summed E-state index contributed by atoms with van der Waals surface area (Å²) in [6.07, 6.45) is 0.378. The molecule has 0 radical (unpaired) electrons. The van der Waals surface area contributed by atoms with Gasteiger partial charge in [-0.25, -0.2) is 0 Å². The summed E-state index contributed by atoms with van der Waals surface area (Å²) >= 11 is 0. The fourth-order valence-electron chi connectivity index (χ4n) is 3.64. The molecule has 1 fully saturated rings. The minimum Gasteiger partial charge on any atom is -0.492 e. The van der Waals surface area contributed by atoms with E-state index >= 15 is 0 Å². The van der Waals surface area contributed by atoms with Gasteiger partial charge >= 0.3 is 0 Å². The molecule has 0 bridgehead atoms. The highest BCUT2D eigenvalue weighted by Gasteiger charge is 2.30. The molecule has 0 spiro atoms. The first-order valence-electron chi connectivity index (χ1n) is 10.3. The zero-order chi connectivity index (χ0) is 20.7. The van der Waals surface area contributed by atoms with Crippen molar-refractivity contribution in [2.24, 2.45) is 5.41 Å². The lowest BCUT2D eigenvalue weighted by molar-refractivity contribution is -0.136. The van der Waals surface area contributed by atoms with E-state index in [9.17, 15) is 9.90 Å². The number of hydrogen-bond donors (Lipinski definition) is 1. The van der Waals surface area contributed by atoms with Crippen LogP contribution in [0, 0.1) is 5.41 Å².